The second-order valence-electron chi connectivity index (χ2n) is 6.37. The Morgan fingerprint density at radius 2 is 2.00 bits per heavy atom. The number of thioether (sulfide) groups is 1. The van der Waals surface area contributed by atoms with Gasteiger partial charge in [0.05, 0.1) is 0 Å². The number of carbonyl (C=O) groups excluding carboxylic acids is 1. The number of hydrogen-bond acceptors (Lipinski definition) is 4. The lowest BCUT2D eigenvalue weighted by Crippen LogP contribution is -2.49. The zero-order chi connectivity index (χ0) is 15.3. The van der Waals surface area contributed by atoms with Crippen molar-refractivity contribution in [2.24, 2.45) is 10.4 Å². The van der Waals surface area contributed by atoms with Crippen molar-refractivity contribution in [2.45, 2.75) is 58.9 Å². The van der Waals surface area contributed by atoms with Gasteiger partial charge in [-0.15, -0.1) is 0 Å². The van der Waals surface area contributed by atoms with Gasteiger partial charge in [-0.2, -0.15) is 0 Å². The van der Waals surface area contributed by atoms with Crippen molar-refractivity contribution in [3.05, 3.63) is 0 Å². The van der Waals surface area contributed by atoms with E-state index < -0.39 is 0 Å². The topological polar surface area (TPSA) is 44.7 Å². The van der Waals surface area contributed by atoms with Crippen LogP contribution >= 0.6 is 11.8 Å². The summed E-state index contributed by atoms with van der Waals surface area (Å²) >= 11 is 1.78. The van der Waals surface area contributed by atoms with Gasteiger partial charge < -0.3 is 10.2 Å². The third kappa shape index (κ3) is 4.15. The van der Waals surface area contributed by atoms with Crippen molar-refractivity contribution in [3.63, 3.8) is 0 Å². The molecule has 2 aliphatic heterocycles. The predicted octanol–water partition coefficient (Wildman–Crippen LogP) is 2.89. The van der Waals surface area contributed by atoms with Crippen molar-refractivity contribution < 1.29 is 4.79 Å². The van der Waals surface area contributed by atoms with E-state index in [0.717, 1.165) is 43.4 Å². The van der Waals surface area contributed by atoms with Crippen molar-refractivity contribution in [3.8, 4) is 0 Å². The predicted molar refractivity (Wildman–Crippen MR) is 90.8 cm³/mol. The van der Waals surface area contributed by atoms with Crippen LogP contribution in [-0.2, 0) is 4.79 Å². The number of nitrogens with zero attached hydrogens (tertiary/aromatic N) is 2. The molecule has 2 rings (SSSR count). The van der Waals surface area contributed by atoms with Gasteiger partial charge in [0, 0.05) is 25.4 Å². The lowest BCUT2D eigenvalue weighted by atomic mass is 9.84. The molecule has 0 saturated carbocycles. The third-order valence-corrected chi connectivity index (χ3v) is 6.23. The highest BCUT2D eigenvalue weighted by Gasteiger charge is 2.31. The molecule has 1 unspecified atom stereocenters. The van der Waals surface area contributed by atoms with Gasteiger partial charge in [-0.25, -0.2) is 0 Å². The van der Waals surface area contributed by atoms with Crippen LogP contribution in [-0.4, -0.2) is 47.4 Å². The first kappa shape index (κ1) is 16.7. The van der Waals surface area contributed by atoms with Crippen LogP contribution in [0.2, 0.25) is 0 Å². The van der Waals surface area contributed by atoms with Gasteiger partial charge >= 0.3 is 0 Å². The molecule has 2 heterocycles. The first-order chi connectivity index (χ1) is 10.1. The number of aliphatic imine (C=N–C) groups is 1. The molecule has 21 heavy (non-hydrogen) atoms. The number of carbonyl (C=O) groups is 1. The molecule has 120 valence electrons. The Labute approximate surface area is 133 Å². The molecule has 1 atom stereocenters. The Kier molecular flexibility index (Phi) is 5.97. The van der Waals surface area contributed by atoms with Crippen LogP contribution in [0.15, 0.2) is 4.99 Å². The molecule has 0 aromatic carbocycles. The van der Waals surface area contributed by atoms with E-state index in [1.807, 2.05) is 11.8 Å². The summed E-state index contributed by atoms with van der Waals surface area (Å²) in [5.74, 6) is 1.33. The van der Waals surface area contributed by atoms with Gasteiger partial charge in [0.25, 0.3) is 0 Å². The summed E-state index contributed by atoms with van der Waals surface area (Å²) in [5.41, 5.74) is 0.357. The van der Waals surface area contributed by atoms with E-state index in [9.17, 15) is 4.79 Å². The maximum Gasteiger partial charge on any atom is 0.244 e. The van der Waals surface area contributed by atoms with Gasteiger partial charge in [-0.3, -0.25) is 9.79 Å². The first-order valence-electron chi connectivity index (χ1n) is 8.33. The molecule has 1 saturated heterocycles. The van der Waals surface area contributed by atoms with E-state index in [0.29, 0.717) is 5.41 Å². The molecular weight excluding hydrogens is 282 g/mol. The standard InChI is InChI=1S/C16H29N3OS/c1-4-16(5-2)11-17-15(21-12-16)18-13(3)14(20)19-9-7-6-8-10-19/h13H,4-12H2,1-3H3,(H,17,18). The van der Waals surface area contributed by atoms with Crippen molar-refractivity contribution in [1.29, 1.82) is 0 Å². The monoisotopic (exact) mass is 311 g/mol. The largest absolute Gasteiger partial charge is 0.353 e. The SMILES string of the molecule is CCC1(CC)CN=C(NC(C)C(=O)N2CCCCC2)SC1. The van der Waals surface area contributed by atoms with Gasteiger partial charge in [0.2, 0.25) is 5.91 Å². The van der Waals surface area contributed by atoms with Crippen LogP contribution in [0.1, 0.15) is 52.9 Å². The fourth-order valence-electron chi connectivity index (χ4n) is 2.95. The number of likely N-dealkylation sites (tertiary alicyclic amines) is 1. The fraction of sp³-hybridized carbons (Fsp3) is 0.875. The molecule has 1 amide bonds. The number of nitrogens with one attached hydrogen (secondary N) is 1. The highest BCUT2D eigenvalue weighted by molar-refractivity contribution is 8.13. The molecule has 0 radical (unpaired) electrons. The van der Waals surface area contributed by atoms with E-state index in [4.69, 9.17) is 0 Å². The summed E-state index contributed by atoms with van der Waals surface area (Å²) in [6.07, 6.45) is 5.89. The van der Waals surface area contributed by atoms with Gasteiger partial charge in [-0.05, 0) is 44.4 Å². The van der Waals surface area contributed by atoms with Gasteiger partial charge in [-0.1, -0.05) is 25.6 Å². The number of piperidine rings is 1. The third-order valence-electron chi connectivity index (χ3n) is 4.95. The lowest BCUT2D eigenvalue weighted by Gasteiger charge is -2.34. The fourth-order valence-corrected chi connectivity index (χ4v) is 4.31. The molecule has 1 N–H and O–H groups in total. The van der Waals surface area contributed by atoms with E-state index in [-0.39, 0.29) is 11.9 Å². The first-order valence-corrected chi connectivity index (χ1v) is 9.31. The Hall–Kier alpha value is -0.710. The average Bonchev–Trinajstić information content (AvgIpc) is 2.56. The minimum absolute atomic E-state index is 0.162. The zero-order valence-corrected chi connectivity index (χ0v) is 14.5. The quantitative estimate of drug-likeness (QED) is 0.868. The minimum atomic E-state index is -0.162. The summed E-state index contributed by atoms with van der Waals surface area (Å²) < 4.78 is 0. The van der Waals surface area contributed by atoms with Crippen LogP contribution in [0, 0.1) is 5.41 Å². The molecule has 2 aliphatic rings. The van der Waals surface area contributed by atoms with Crippen LogP contribution in [0.5, 0.6) is 0 Å². The molecule has 0 aromatic heterocycles. The summed E-state index contributed by atoms with van der Waals surface area (Å²) in [4.78, 5) is 19.1. The smallest absolute Gasteiger partial charge is 0.244 e. The number of rotatable bonds is 4. The summed E-state index contributed by atoms with van der Waals surface area (Å²) in [7, 11) is 0. The molecular formula is C16H29N3OS. The Balaban J connectivity index is 1.87. The molecule has 1 fully saturated rings. The van der Waals surface area contributed by atoms with Crippen LogP contribution < -0.4 is 5.32 Å². The van der Waals surface area contributed by atoms with Crippen LogP contribution in [0.4, 0.5) is 0 Å². The van der Waals surface area contributed by atoms with E-state index >= 15 is 0 Å². The highest BCUT2D eigenvalue weighted by Crippen LogP contribution is 2.34. The molecule has 5 heteroatoms. The van der Waals surface area contributed by atoms with Crippen molar-refractivity contribution in [1.82, 2.24) is 10.2 Å². The van der Waals surface area contributed by atoms with Crippen molar-refractivity contribution >= 4 is 22.8 Å². The van der Waals surface area contributed by atoms with E-state index in [1.54, 1.807) is 11.8 Å². The summed E-state index contributed by atoms with van der Waals surface area (Å²) in [5, 5.41) is 4.27. The van der Waals surface area contributed by atoms with Crippen molar-refractivity contribution in [2.75, 3.05) is 25.4 Å². The second kappa shape index (κ2) is 7.52. The number of amides is 1. The Bertz CT molecular complexity index is 387. The number of hydrogen-bond donors (Lipinski definition) is 1. The molecule has 0 aliphatic carbocycles. The normalized spacial score (nSPS) is 23.4. The van der Waals surface area contributed by atoms with Crippen LogP contribution in [0.25, 0.3) is 0 Å². The van der Waals surface area contributed by atoms with Crippen LogP contribution in [0.3, 0.4) is 0 Å². The highest BCUT2D eigenvalue weighted by atomic mass is 32.2. The molecule has 0 spiro atoms. The average molecular weight is 311 g/mol. The molecule has 0 bridgehead atoms. The number of amidine groups is 1. The minimum Gasteiger partial charge on any atom is -0.353 e. The Morgan fingerprint density at radius 3 is 2.52 bits per heavy atom. The Morgan fingerprint density at radius 1 is 1.33 bits per heavy atom. The molecule has 0 aromatic rings. The maximum atomic E-state index is 12.4. The summed E-state index contributed by atoms with van der Waals surface area (Å²) in [6.45, 7) is 9.18. The van der Waals surface area contributed by atoms with E-state index in [1.165, 1.54) is 19.3 Å². The molecule has 4 nitrogen and oxygen atoms in total. The van der Waals surface area contributed by atoms with E-state index in [2.05, 4.69) is 24.2 Å². The maximum absolute atomic E-state index is 12.4. The van der Waals surface area contributed by atoms with Gasteiger partial charge in [0.15, 0.2) is 5.17 Å². The summed E-state index contributed by atoms with van der Waals surface area (Å²) in [6, 6.07) is -0.162. The van der Waals surface area contributed by atoms with Gasteiger partial charge in [0.1, 0.15) is 6.04 Å². The lowest BCUT2D eigenvalue weighted by molar-refractivity contribution is -0.133. The zero-order valence-electron chi connectivity index (χ0n) is 13.7. The second-order valence-corrected chi connectivity index (χ2v) is 7.33.